The highest BCUT2D eigenvalue weighted by Gasteiger charge is 2.19. The molecule has 0 aliphatic heterocycles. The van der Waals surface area contributed by atoms with Gasteiger partial charge in [-0.3, -0.25) is 0 Å². The average molecular weight is 260 g/mol. The van der Waals surface area contributed by atoms with Crippen LogP contribution in [0.2, 0.25) is 0 Å². The molecule has 1 unspecified atom stereocenters. The number of aromatic nitrogens is 2. The minimum atomic E-state index is -1.08. The molecule has 2 rings (SSSR count). The van der Waals surface area contributed by atoms with E-state index in [2.05, 4.69) is 10.2 Å². The number of carboxylic acids is 1. The van der Waals surface area contributed by atoms with Crippen molar-refractivity contribution in [1.82, 2.24) is 10.2 Å². The van der Waals surface area contributed by atoms with Gasteiger partial charge in [-0.15, -0.1) is 10.2 Å². The maximum atomic E-state index is 10.4. The van der Waals surface area contributed by atoms with Gasteiger partial charge in [-0.2, -0.15) is 0 Å². The number of rotatable bonds is 5. The van der Waals surface area contributed by atoms with Crippen molar-refractivity contribution in [2.24, 2.45) is 0 Å². The number of ether oxygens (including phenoxy) is 1. The van der Waals surface area contributed by atoms with Crippen LogP contribution < -0.4 is 0 Å². The highest BCUT2D eigenvalue weighted by atomic mass is 16.5. The molecule has 0 aliphatic rings. The maximum Gasteiger partial charge on any atom is 0.328 e. The molecule has 2 aromatic rings. The van der Waals surface area contributed by atoms with Crippen LogP contribution in [0.4, 0.5) is 0 Å². The molecule has 98 valence electrons. The van der Waals surface area contributed by atoms with Gasteiger partial charge < -0.3 is 14.3 Å². The Morgan fingerprint density at radius 2 is 2.11 bits per heavy atom. The summed E-state index contributed by atoms with van der Waals surface area (Å²) in [6.45, 7) is 0. The Bertz CT molecular complexity index is 577. The van der Waals surface area contributed by atoms with Gasteiger partial charge in [0, 0.05) is 19.3 Å². The predicted molar refractivity (Wildman–Crippen MR) is 66.3 cm³/mol. The maximum absolute atomic E-state index is 10.4. The van der Waals surface area contributed by atoms with Crippen molar-refractivity contribution < 1.29 is 19.1 Å². The summed E-state index contributed by atoms with van der Waals surface area (Å²) >= 11 is 0. The molecule has 6 heteroatoms. The van der Waals surface area contributed by atoms with Crippen molar-refractivity contribution in [3.8, 4) is 0 Å². The third-order valence-corrected chi connectivity index (χ3v) is 2.39. The number of aliphatic carboxylic acids is 1. The summed E-state index contributed by atoms with van der Waals surface area (Å²) in [7, 11) is 1.54. The van der Waals surface area contributed by atoms with E-state index in [9.17, 15) is 4.79 Å². The summed E-state index contributed by atoms with van der Waals surface area (Å²) in [5.41, 5.74) is 0.877. The van der Waals surface area contributed by atoms with Gasteiger partial charge in [0.1, 0.15) is 0 Å². The van der Waals surface area contributed by atoms with Gasteiger partial charge >= 0.3 is 5.97 Å². The zero-order valence-corrected chi connectivity index (χ0v) is 10.2. The number of carboxylic acid groups (broad SMARTS) is 1. The lowest BCUT2D eigenvalue weighted by atomic mass is 10.1. The van der Waals surface area contributed by atoms with Crippen LogP contribution in [0.5, 0.6) is 0 Å². The molecule has 6 nitrogen and oxygen atoms in total. The summed E-state index contributed by atoms with van der Waals surface area (Å²) in [6, 6.07) is 9.41. The second kappa shape index (κ2) is 5.92. The first-order chi connectivity index (χ1) is 9.20. The molecule has 1 atom stereocenters. The summed E-state index contributed by atoms with van der Waals surface area (Å²) in [6.07, 6.45) is 1.69. The van der Waals surface area contributed by atoms with Crippen molar-refractivity contribution >= 4 is 12.0 Å². The Morgan fingerprint density at radius 3 is 2.74 bits per heavy atom. The van der Waals surface area contributed by atoms with Gasteiger partial charge in [0.15, 0.2) is 6.10 Å². The predicted octanol–water partition coefficient (Wildman–Crippen LogP) is 1.90. The molecule has 0 fully saturated rings. The first kappa shape index (κ1) is 13.0. The molecule has 0 saturated heterocycles. The normalized spacial score (nSPS) is 12.7. The molecule has 0 saturated carbocycles. The summed E-state index contributed by atoms with van der Waals surface area (Å²) in [5.74, 6) is -0.680. The Hall–Kier alpha value is -2.47. The zero-order chi connectivity index (χ0) is 13.7. The first-order valence-corrected chi connectivity index (χ1v) is 5.53. The molecule has 0 radical (unpaired) electrons. The lowest BCUT2D eigenvalue weighted by molar-refractivity contribution is -0.131. The van der Waals surface area contributed by atoms with E-state index < -0.39 is 12.1 Å². The molecule has 1 heterocycles. The van der Waals surface area contributed by atoms with Crippen LogP contribution in [-0.2, 0) is 9.53 Å². The highest BCUT2D eigenvalue weighted by Crippen LogP contribution is 2.24. The number of hydrogen-bond donors (Lipinski definition) is 1. The van der Waals surface area contributed by atoms with Crippen molar-refractivity contribution in [1.29, 1.82) is 0 Å². The van der Waals surface area contributed by atoms with Gasteiger partial charge in [0.25, 0.3) is 0 Å². The van der Waals surface area contributed by atoms with Crippen LogP contribution >= 0.6 is 0 Å². The molecule has 1 aromatic heterocycles. The minimum absolute atomic E-state index is 0.121. The highest BCUT2D eigenvalue weighted by molar-refractivity contribution is 5.84. The van der Waals surface area contributed by atoms with Crippen molar-refractivity contribution in [3.05, 3.63) is 53.8 Å². The second-order valence-electron chi connectivity index (χ2n) is 3.68. The molecule has 0 amide bonds. The average Bonchev–Trinajstić information content (AvgIpc) is 2.87. The van der Waals surface area contributed by atoms with Crippen LogP contribution in [0.15, 0.2) is 40.8 Å². The zero-order valence-electron chi connectivity index (χ0n) is 10.2. The lowest BCUT2D eigenvalue weighted by Crippen LogP contribution is -2.03. The van der Waals surface area contributed by atoms with Crippen LogP contribution in [0.3, 0.4) is 0 Å². The van der Waals surface area contributed by atoms with Crippen LogP contribution in [0, 0.1) is 0 Å². The van der Waals surface area contributed by atoms with Gasteiger partial charge in [0.05, 0.1) is 0 Å². The standard InChI is InChI=1S/C13H12N2O4/c1-18-12(9-5-3-2-4-6-9)13-15-14-10(19-13)7-8-11(16)17/h2-8,12H,1H3,(H,16,17)/b8-7+. The number of methoxy groups -OCH3 is 1. The van der Waals surface area contributed by atoms with E-state index in [0.717, 1.165) is 11.6 Å². The van der Waals surface area contributed by atoms with Crippen molar-refractivity contribution in [2.75, 3.05) is 7.11 Å². The molecular weight excluding hydrogens is 248 g/mol. The van der Waals surface area contributed by atoms with Gasteiger partial charge in [0.2, 0.25) is 11.8 Å². The Kier molecular flexibility index (Phi) is 4.04. The Balaban J connectivity index is 2.23. The number of benzene rings is 1. The smallest absolute Gasteiger partial charge is 0.328 e. The largest absolute Gasteiger partial charge is 0.478 e. The summed E-state index contributed by atoms with van der Waals surface area (Å²) in [5, 5.41) is 16.1. The van der Waals surface area contributed by atoms with E-state index in [0.29, 0.717) is 0 Å². The monoisotopic (exact) mass is 260 g/mol. The van der Waals surface area contributed by atoms with E-state index in [1.165, 1.54) is 13.2 Å². The molecule has 0 bridgehead atoms. The molecule has 1 N–H and O–H groups in total. The van der Waals surface area contributed by atoms with Crippen LogP contribution in [-0.4, -0.2) is 28.4 Å². The molecular formula is C13H12N2O4. The molecule has 0 aliphatic carbocycles. The first-order valence-electron chi connectivity index (χ1n) is 5.53. The third kappa shape index (κ3) is 3.26. The van der Waals surface area contributed by atoms with Gasteiger partial charge in [-0.1, -0.05) is 30.3 Å². The number of hydrogen-bond acceptors (Lipinski definition) is 5. The van der Waals surface area contributed by atoms with Crippen LogP contribution in [0.25, 0.3) is 6.08 Å². The van der Waals surface area contributed by atoms with Gasteiger partial charge in [-0.05, 0) is 5.56 Å². The third-order valence-electron chi connectivity index (χ3n) is 2.39. The fourth-order valence-corrected chi connectivity index (χ4v) is 1.57. The van der Waals surface area contributed by atoms with E-state index in [1.54, 1.807) is 0 Å². The summed E-state index contributed by atoms with van der Waals surface area (Å²) < 4.78 is 10.7. The van der Waals surface area contributed by atoms with E-state index in [1.807, 2.05) is 30.3 Å². The summed E-state index contributed by atoms with van der Waals surface area (Å²) in [4.78, 5) is 10.4. The van der Waals surface area contributed by atoms with Crippen molar-refractivity contribution in [2.45, 2.75) is 6.10 Å². The number of nitrogens with zero attached hydrogens (tertiary/aromatic N) is 2. The fraction of sp³-hybridized carbons (Fsp3) is 0.154. The van der Waals surface area contributed by atoms with E-state index in [4.69, 9.17) is 14.3 Å². The SMILES string of the molecule is COC(c1ccccc1)c1nnc(/C=C/C(=O)O)o1. The molecule has 1 aromatic carbocycles. The Labute approximate surface area is 109 Å². The van der Waals surface area contributed by atoms with E-state index >= 15 is 0 Å². The second-order valence-corrected chi connectivity index (χ2v) is 3.68. The minimum Gasteiger partial charge on any atom is -0.478 e. The lowest BCUT2D eigenvalue weighted by Gasteiger charge is -2.10. The number of carbonyl (C=O) groups is 1. The Morgan fingerprint density at radius 1 is 1.37 bits per heavy atom. The fourth-order valence-electron chi connectivity index (χ4n) is 1.57. The van der Waals surface area contributed by atoms with Gasteiger partial charge in [-0.25, -0.2) is 4.79 Å². The molecule has 0 spiro atoms. The van der Waals surface area contributed by atoms with E-state index in [-0.39, 0.29) is 11.8 Å². The van der Waals surface area contributed by atoms with Crippen molar-refractivity contribution in [3.63, 3.8) is 0 Å². The van der Waals surface area contributed by atoms with Crippen LogP contribution in [0.1, 0.15) is 23.4 Å². The topological polar surface area (TPSA) is 85.5 Å². The molecule has 19 heavy (non-hydrogen) atoms. The quantitative estimate of drug-likeness (QED) is 0.826.